The van der Waals surface area contributed by atoms with E-state index < -0.39 is 8.07 Å². The Bertz CT molecular complexity index is 181. The molecule has 1 saturated heterocycles. The van der Waals surface area contributed by atoms with Crippen molar-refractivity contribution in [3.8, 4) is 0 Å². The van der Waals surface area contributed by atoms with Gasteiger partial charge in [0.25, 0.3) is 0 Å². The molecule has 1 heteroatoms. The van der Waals surface area contributed by atoms with Crippen LogP contribution in [0.5, 0.6) is 0 Å². The van der Waals surface area contributed by atoms with Gasteiger partial charge in [-0.2, -0.15) is 0 Å². The van der Waals surface area contributed by atoms with Gasteiger partial charge in [0.15, 0.2) is 0 Å². The van der Waals surface area contributed by atoms with E-state index in [4.69, 9.17) is 0 Å². The largest absolute Gasteiger partial charge is 0.0919 e. The predicted molar refractivity (Wildman–Crippen MR) is 68.5 cm³/mol. The standard InChI is InChI=1S/C13H24Si/c1-3-5-10-14(11-6-4-2)12-8-7-9-13-14/h3-6H,7-13H2,1-2H3/b5-3+,6-4+. The summed E-state index contributed by atoms with van der Waals surface area (Å²) < 4.78 is 0. The van der Waals surface area contributed by atoms with Crippen molar-refractivity contribution >= 4 is 8.07 Å². The highest BCUT2D eigenvalue weighted by atomic mass is 28.3. The fourth-order valence-electron chi connectivity index (χ4n) is 2.53. The van der Waals surface area contributed by atoms with Gasteiger partial charge in [-0.15, -0.1) is 0 Å². The van der Waals surface area contributed by atoms with Gasteiger partial charge in [0.1, 0.15) is 0 Å². The van der Waals surface area contributed by atoms with Crippen LogP contribution in [0.1, 0.15) is 33.1 Å². The molecule has 0 spiro atoms. The van der Waals surface area contributed by atoms with E-state index in [1.165, 1.54) is 31.4 Å². The van der Waals surface area contributed by atoms with Crippen LogP contribution in [0.3, 0.4) is 0 Å². The van der Waals surface area contributed by atoms with Crippen molar-refractivity contribution in [1.82, 2.24) is 0 Å². The molecular weight excluding hydrogens is 184 g/mol. The maximum atomic E-state index is 2.42. The first kappa shape index (κ1) is 11.8. The minimum atomic E-state index is -0.898. The second-order valence-corrected chi connectivity index (χ2v) is 9.42. The molecule has 0 aliphatic carbocycles. The molecule has 14 heavy (non-hydrogen) atoms. The van der Waals surface area contributed by atoms with Crippen LogP contribution in [0.15, 0.2) is 24.3 Å². The summed E-state index contributed by atoms with van der Waals surface area (Å²) in [6, 6.07) is 5.99. The number of hydrogen-bond acceptors (Lipinski definition) is 0. The van der Waals surface area contributed by atoms with Crippen LogP contribution in [-0.4, -0.2) is 8.07 Å². The van der Waals surface area contributed by atoms with E-state index in [1.54, 1.807) is 12.1 Å². The van der Waals surface area contributed by atoms with Gasteiger partial charge in [-0.25, -0.2) is 0 Å². The van der Waals surface area contributed by atoms with Crippen molar-refractivity contribution in [2.24, 2.45) is 0 Å². The predicted octanol–water partition coefficient (Wildman–Crippen LogP) is 4.77. The van der Waals surface area contributed by atoms with Gasteiger partial charge in [-0.05, 0) is 25.9 Å². The normalized spacial score (nSPS) is 22.1. The van der Waals surface area contributed by atoms with E-state index in [-0.39, 0.29) is 0 Å². The molecule has 0 amide bonds. The summed E-state index contributed by atoms with van der Waals surface area (Å²) in [5.74, 6) is 0. The smallest absolute Gasteiger partial charge is 0.0610 e. The SMILES string of the molecule is C/C=C/C[Si]1(C/C=C/C)CCCCC1. The zero-order chi connectivity index (χ0) is 10.3. The topological polar surface area (TPSA) is 0 Å². The third-order valence-corrected chi connectivity index (χ3v) is 8.52. The summed E-state index contributed by atoms with van der Waals surface area (Å²) in [6.45, 7) is 4.31. The Labute approximate surface area is 90.1 Å². The zero-order valence-corrected chi connectivity index (χ0v) is 10.8. The Morgan fingerprint density at radius 3 is 1.79 bits per heavy atom. The molecule has 80 valence electrons. The molecule has 0 radical (unpaired) electrons. The Kier molecular flexibility index (Phi) is 5.24. The Balaban J connectivity index is 2.56. The highest BCUT2D eigenvalue weighted by molar-refractivity contribution is 6.80. The molecule has 1 aliphatic heterocycles. The Morgan fingerprint density at radius 2 is 1.36 bits per heavy atom. The molecule has 1 rings (SSSR count). The first-order chi connectivity index (χ1) is 6.83. The van der Waals surface area contributed by atoms with Crippen LogP contribution in [0.2, 0.25) is 24.2 Å². The van der Waals surface area contributed by atoms with Crippen LogP contribution < -0.4 is 0 Å². The van der Waals surface area contributed by atoms with Crippen LogP contribution in [0, 0.1) is 0 Å². The minimum Gasteiger partial charge on any atom is -0.0919 e. The summed E-state index contributed by atoms with van der Waals surface area (Å²) in [5.41, 5.74) is 0. The second kappa shape index (κ2) is 6.23. The van der Waals surface area contributed by atoms with Crippen molar-refractivity contribution in [2.75, 3.05) is 0 Å². The monoisotopic (exact) mass is 208 g/mol. The lowest BCUT2D eigenvalue weighted by atomic mass is 10.3. The average molecular weight is 208 g/mol. The maximum Gasteiger partial charge on any atom is 0.0610 e. The van der Waals surface area contributed by atoms with E-state index in [9.17, 15) is 0 Å². The molecule has 0 unspecified atom stereocenters. The molecule has 0 bridgehead atoms. The molecule has 0 aromatic heterocycles. The van der Waals surface area contributed by atoms with E-state index in [1.807, 2.05) is 0 Å². The van der Waals surface area contributed by atoms with Crippen LogP contribution in [0.25, 0.3) is 0 Å². The van der Waals surface area contributed by atoms with Crippen molar-refractivity contribution in [3.63, 3.8) is 0 Å². The second-order valence-electron chi connectivity index (χ2n) is 4.61. The fourth-order valence-corrected chi connectivity index (χ4v) is 7.23. The molecule has 0 atom stereocenters. The Hall–Kier alpha value is -0.303. The summed E-state index contributed by atoms with van der Waals surface area (Å²) in [7, 11) is -0.898. The zero-order valence-electron chi connectivity index (χ0n) is 9.76. The van der Waals surface area contributed by atoms with Gasteiger partial charge in [0.2, 0.25) is 0 Å². The fraction of sp³-hybridized carbons (Fsp3) is 0.692. The molecule has 0 aromatic rings. The molecule has 1 aliphatic rings. The minimum absolute atomic E-state index is 0.898. The van der Waals surface area contributed by atoms with E-state index >= 15 is 0 Å². The van der Waals surface area contributed by atoms with Gasteiger partial charge < -0.3 is 0 Å². The highest BCUT2D eigenvalue weighted by Crippen LogP contribution is 2.35. The third-order valence-electron chi connectivity index (χ3n) is 3.49. The summed E-state index contributed by atoms with van der Waals surface area (Å²) >= 11 is 0. The number of allylic oxidation sites excluding steroid dienone is 4. The maximum absolute atomic E-state index is 2.42. The van der Waals surface area contributed by atoms with Crippen molar-refractivity contribution in [2.45, 2.75) is 57.3 Å². The van der Waals surface area contributed by atoms with E-state index in [2.05, 4.69) is 38.2 Å². The summed E-state index contributed by atoms with van der Waals surface area (Å²) in [4.78, 5) is 0. The van der Waals surface area contributed by atoms with Gasteiger partial charge in [0, 0.05) is 0 Å². The van der Waals surface area contributed by atoms with Gasteiger partial charge >= 0.3 is 0 Å². The molecule has 1 fully saturated rings. The van der Waals surface area contributed by atoms with Crippen LogP contribution in [-0.2, 0) is 0 Å². The lowest BCUT2D eigenvalue weighted by Crippen LogP contribution is -2.34. The molecule has 0 aromatic carbocycles. The molecular formula is C13H24Si. The molecule has 0 N–H and O–H groups in total. The average Bonchev–Trinajstić information content (AvgIpc) is 2.25. The van der Waals surface area contributed by atoms with E-state index in [0.29, 0.717) is 0 Å². The van der Waals surface area contributed by atoms with Gasteiger partial charge in [0.05, 0.1) is 8.07 Å². The van der Waals surface area contributed by atoms with Crippen LogP contribution >= 0.6 is 0 Å². The highest BCUT2D eigenvalue weighted by Gasteiger charge is 2.31. The van der Waals surface area contributed by atoms with Crippen molar-refractivity contribution < 1.29 is 0 Å². The number of rotatable bonds is 4. The molecule has 1 heterocycles. The first-order valence-electron chi connectivity index (χ1n) is 6.05. The summed E-state index contributed by atoms with van der Waals surface area (Å²) in [6.07, 6.45) is 13.8. The summed E-state index contributed by atoms with van der Waals surface area (Å²) in [5, 5.41) is 0. The third kappa shape index (κ3) is 3.45. The quantitative estimate of drug-likeness (QED) is 0.461. The number of hydrogen-bond donors (Lipinski definition) is 0. The van der Waals surface area contributed by atoms with Crippen molar-refractivity contribution in [1.29, 1.82) is 0 Å². The molecule has 0 saturated carbocycles. The van der Waals surface area contributed by atoms with E-state index in [0.717, 1.165) is 0 Å². The van der Waals surface area contributed by atoms with Crippen LogP contribution in [0.4, 0.5) is 0 Å². The lowest BCUT2D eigenvalue weighted by Gasteiger charge is -2.33. The lowest BCUT2D eigenvalue weighted by molar-refractivity contribution is 0.707. The first-order valence-corrected chi connectivity index (χ1v) is 8.88. The molecule has 0 nitrogen and oxygen atoms in total. The van der Waals surface area contributed by atoms with Gasteiger partial charge in [-0.1, -0.05) is 55.7 Å². The van der Waals surface area contributed by atoms with Crippen molar-refractivity contribution in [3.05, 3.63) is 24.3 Å². The van der Waals surface area contributed by atoms with Gasteiger partial charge in [-0.3, -0.25) is 0 Å². The Morgan fingerprint density at radius 1 is 0.857 bits per heavy atom.